The number of rotatable bonds is 3. The molecule has 1 aliphatic rings. The monoisotopic (exact) mass is 345 g/mol. The molecule has 0 atom stereocenters. The Kier molecular flexibility index (Phi) is 4.09. The van der Waals surface area contributed by atoms with E-state index in [9.17, 15) is 9.90 Å². The lowest BCUT2D eigenvalue weighted by Gasteiger charge is -2.14. The molecule has 2 N–H and O–H groups in total. The van der Waals surface area contributed by atoms with Gasteiger partial charge in [-0.05, 0) is 46.9 Å². The quantitative estimate of drug-likeness (QED) is 0.697. The van der Waals surface area contributed by atoms with Crippen molar-refractivity contribution in [3.63, 3.8) is 0 Å². The Hall–Kier alpha value is -3.27. The molecule has 0 unspecified atom stereocenters. The van der Waals surface area contributed by atoms with E-state index in [1.807, 2.05) is 31.2 Å². The Bertz CT molecular complexity index is 915. The van der Waals surface area contributed by atoms with Crippen molar-refractivity contribution in [2.45, 2.75) is 12.8 Å². The largest absolute Gasteiger partial charge is 0.508 e. The summed E-state index contributed by atoms with van der Waals surface area (Å²) in [7, 11) is 0. The van der Waals surface area contributed by atoms with E-state index >= 15 is 0 Å². The van der Waals surface area contributed by atoms with E-state index < -0.39 is 6.09 Å². The van der Waals surface area contributed by atoms with Crippen molar-refractivity contribution in [3.8, 4) is 16.9 Å². The Morgan fingerprint density at radius 3 is 2.23 bits per heavy atom. The number of aryl methyl sites for hydroxylation is 1. The van der Waals surface area contributed by atoms with Gasteiger partial charge in [-0.2, -0.15) is 0 Å². The minimum atomic E-state index is -0.531. The number of nitrogens with one attached hydrogen (secondary N) is 1. The van der Waals surface area contributed by atoms with Crippen LogP contribution in [0.3, 0.4) is 0 Å². The molecule has 26 heavy (non-hydrogen) atoms. The normalized spacial score (nSPS) is 12.3. The maximum Gasteiger partial charge on any atom is 0.411 e. The standard InChI is InChI=1S/C22H19NO3/c1-14-10-15(12-16(24)11-14)23-22(25)26-13-21-19-8-4-2-6-17(19)18-7-3-5-9-20(18)21/h2-12,21,24H,13H2,1H3,(H,23,25). The average Bonchev–Trinajstić information content (AvgIpc) is 2.93. The second kappa shape index (κ2) is 6.56. The number of phenolic OH excluding ortho intramolecular Hbond substituents is 1. The highest BCUT2D eigenvalue weighted by Crippen LogP contribution is 2.44. The molecule has 130 valence electrons. The third-order valence-corrected chi connectivity index (χ3v) is 4.65. The van der Waals surface area contributed by atoms with Gasteiger partial charge in [0.15, 0.2) is 0 Å². The maximum absolute atomic E-state index is 12.2. The van der Waals surface area contributed by atoms with Gasteiger partial charge in [-0.3, -0.25) is 5.32 Å². The molecule has 4 nitrogen and oxygen atoms in total. The first-order valence-corrected chi connectivity index (χ1v) is 8.54. The van der Waals surface area contributed by atoms with Gasteiger partial charge in [-0.25, -0.2) is 4.79 Å². The third kappa shape index (κ3) is 3.02. The number of ether oxygens (including phenoxy) is 1. The lowest BCUT2D eigenvalue weighted by molar-refractivity contribution is 0.158. The van der Waals surface area contributed by atoms with E-state index in [0.717, 1.165) is 5.56 Å². The molecule has 0 radical (unpaired) electrons. The number of phenols is 1. The summed E-state index contributed by atoms with van der Waals surface area (Å²) < 4.78 is 5.49. The lowest BCUT2D eigenvalue weighted by Crippen LogP contribution is -2.17. The second-order valence-electron chi connectivity index (χ2n) is 6.51. The number of hydrogen-bond acceptors (Lipinski definition) is 3. The SMILES string of the molecule is Cc1cc(O)cc(NC(=O)OCC2c3ccccc3-c3ccccc32)c1. The predicted octanol–water partition coefficient (Wildman–Crippen LogP) is 5.06. The molecular weight excluding hydrogens is 326 g/mol. The summed E-state index contributed by atoms with van der Waals surface area (Å²) in [6.07, 6.45) is -0.531. The van der Waals surface area contributed by atoms with Crippen LogP contribution in [0.2, 0.25) is 0 Å². The number of benzene rings is 3. The molecule has 3 aromatic rings. The van der Waals surface area contributed by atoms with Gasteiger partial charge < -0.3 is 9.84 Å². The summed E-state index contributed by atoms with van der Waals surface area (Å²) in [5.41, 5.74) is 6.12. The van der Waals surface area contributed by atoms with Crippen LogP contribution in [0, 0.1) is 6.92 Å². The minimum Gasteiger partial charge on any atom is -0.508 e. The first kappa shape index (κ1) is 16.2. The topological polar surface area (TPSA) is 58.6 Å². The van der Waals surface area contributed by atoms with Crippen molar-refractivity contribution in [1.82, 2.24) is 0 Å². The zero-order valence-corrected chi connectivity index (χ0v) is 14.4. The number of amides is 1. The molecule has 0 spiro atoms. The molecule has 0 saturated heterocycles. The number of carbonyl (C=O) groups is 1. The number of carbonyl (C=O) groups excluding carboxylic acids is 1. The molecule has 0 heterocycles. The molecule has 0 fully saturated rings. The molecular formula is C22H19NO3. The van der Waals surface area contributed by atoms with Gasteiger partial charge >= 0.3 is 6.09 Å². The predicted molar refractivity (Wildman–Crippen MR) is 102 cm³/mol. The van der Waals surface area contributed by atoms with Gasteiger partial charge in [0.25, 0.3) is 0 Å². The zero-order chi connectivity index (χ0) is 18.1. The molecule has 1 aliphatic carbocycles. The fourth-order valence-corrected chi connectivity index (χ4v) is 3.59. The molecule has 4 heteroatoms. The summed E-state index contributed by atoms with van der Waals surface area (Å²) >= 11 is 0. The van der Waals surface area contributed by atoms with Crippen LogP contribution in [-0.4, -0.2) is 17.8 Å². The van der Waals surface area contributed by atoms with Crippen molar-refractivity contribution in [2.75, 3.05) is 11.9 Å². The van der Waals surface area contributed by atoms with Crippen LogP contribution in [-0.2, 0) is 4.74 Å². The van der Waals surface area contributed by atoms with Gasteiger partial charge in [0.1, 0.15) is 12.4 Å². The van der Waals surface area contributed by atoms with Crippen LogP contribution >= 0.6 is 0 Å². The van der Waals surface area contributed by atoms with Crippen LogP contribution in [0.25, 0.3) is 11.1 Å². The van der Waals surface area contributed by atoms with Gasteiger partial charge in [-0.15, -0.1) is 0 Å². The highest BCUT2D eigenvalue weighted by Gasteiger charge is 2.28. The molecule has 3 aromatic carbocycles. The highest BCUT2D eigenvalue weighted by molar-refractivity contribution is 5.85. The van der Waals surface area contributed by atoms with Crippen molar-refractivity contribution in [2.24, 2.45) is 0 Å². The number of anilines is 1. The third-order valence-electron chi connectivity index (χ3n) is 4.65. The summed E-state index contributed by atoms with van der Waals surface area (Å²) in [6, 6.07) is 21.3. The van der Waals surface area contributed by atoms with Crippen molar-refractivity contribution < 1.29 is 14.6 Å². The fraction of sp³-hybridized carbons (Fsp3) is 0.136. The molecule has 1 amide bonds. The van der Waals surface area contributed by atoms with Crippen LogP contribution in [0.1, 0.15) is 22.6 Å². The van der Waals surface area contributed by atoms with Crippen LogP contribution in [0.4, 0.5) is 10.5 Å². The molecule has 0 bridgehead atoms. The van der Waals surface area contributed by atoms with Crippen molar-refractivity contribution in [1.29, 1.82) is 0 Å². The van der Waals surface area contributed by atoms with E-state index in [-0.39, 0.29) is 18.3 Å². The highest BCUT2D eigenvalue weighted by atomic mass is 16.5. The van der Waals surface area contributed by atoms with E-state index in [0.29, 0.717) is 5.69 Å². The molecule has 0 saturated carbocycles. The van der Waals surface area contributed by atoms with Gasteiger partial charge in [0.05, 0.1) is 0 Å². The van der Waals surface area contributed by atoms with Crippen LogP contribution in [0.5, 0.6) is 5.75 Å². The fourth-order valence-electron chi connectivity index (χ4n) is 3.59. The van der Waals surface area contributed by atoms with E-state index in [1.165, 1.54) is 28.3 Å². The Morgan fingerprint density at radius 2 is 1.62 bits per heavy atom. The average molecular weight is 345 g/mol. The summed E-state index contributed by atoms with van der Waals surface area (Å²) in [4.78, 5) is 12.2. The molecule has 0 aromatic heterocycles. The lowest BCUT2D eigenvalue weighted by atomic mass is 9.98. The Balaban J connectivity index is 1.50. The van der Waals surface area contributed by atoms with Gasteiger partial charge in [0, 0.05) is 17.7 Å². The van der Waals surface area contributed by atoms with Crippen molar-refractivity contribution in [3.05, 3.63) is 83.4 Å². The first-order valence-electron chi connectivity index (χ1n) is 8.54. The van der Waals surface area contributed by atoms with Crippen LogP contribution < -0.4 is 5.32 Å². The van der Waals surface area contributed by atoms with Crippen LogP contribution in [0.15, 0.2) is 66.7 Å². The number of fused-ring (bicyclic) bond motifs is 3. The second-order valence-corrected chi connectivity index (χ2v) is 6.51. The Labute approximate surface area is 152 Å². The smallest absolute Gasteiger partial charge is 0.411 e. The number of hydrogen-bond donors (Lipinski definition) is 2. The molecule has 0 aliphatic heterocycles. The molecule has 4 rings (SSSR count). The van der Waals surface area contributed by atoms with E-state index in [2.05, 4.69) is 29.6 Å². The van der Waals surface area contributed by atoms with Gasteiger partial charge in [-0.1, -0.05) is 48.5 Å². The van der Waals surface area contributed by atoms with Crippen molar-refractivity contribution >= 4 is 11.8 Å². The number of aromatic hydroxyl groups is 1. The first-order chi connectivity index (χ1) is 12.6. The van der Waals surface area contributed by atoms with E-state index in [1.54, 1.807) is 12.1 Å². The van der Waals surface area contributed by atoms with Gasteiger partial charge in [0.2, 0.25) is 0 Å². The maximum atomic E-state index is 12.2. The minimum absolute atomic E-state index is 0.0269. The zero-order valence-electron chi connectivity index (χ0n) is 14.4. The Morgan fingerprint density at radius 1 is 1.00 bits per heavy atom. The summed E-state index contributed by atoms with van der Waals surface area (Å²) in [6.45, 7) is 2.11. The van der Waals surface area contributed by atoms with E-state index in [4.69, 9.17) is 4.74 Å². The summed E-state index contributed by atoms with van der Waals surface area (Å²) in [5.74, 6) is 0.137. The summed E-state index contributed by atoms with van der Waals surface area (Å²) in [5, 5.41) is 12.3.